The van der Waals surface area contributed by atoms with Gasteiger partial charge in [0.05, 0.1) is 6.07 Å². The second kappa shape index (κ2) is 5.01. The number of nitriles is 1. The summed E-state index contributed by atoms with van der Waals surface area (Å²) in [6, 6.07) is 11.3. The van der Waals surface area contributed by atoms with Gasteiger partial charge < -0.3 is 5.32 Å². The number of hydrogen-bond donors (Lipinski definition) is 1. The largest absolute Gasteiger partial charge is 0.334 e. The van der Waals surface area contributed by atoms with Gasteiger partial charge >= 0.3 is 0 Å². The highest BCUT2D eigenvalue weighted by atomic mass is 16.1. The molecule has 0 bridgehead atoms. The number of carbonyl (C=O) groups is 1. The number of benzene rings is 1. The van der Waals surface area contributed by atoms with Crippen molar-refractivity contribution in [1.82, 2.24) is 5.32 Å². The molecule has 1 N–H and O–H groups in total. The molecule has 1 aliphatic carbocycles. The summed E-state index contributed by atoms with van der Waals surface area (Å²) < 4.78 is 0. The van der Waals surface area contributed by atoms with Crippen molar-refractivity contribution in [2.75, 3.05) is 0 Å². The summed E-state index contributed by atoms with van der Waals surface area (Å²) in [6.45, 7) is 0. The lowest BCUT2D eigenvalue weighted by Crippen LogP contribution is -2.48. The molecular weight excluding hydrogens is 212 g/mol. The quantitative estimate of drug-likeness (QED) is 0.846. The zero-order valence-electron chi connectivity index (χ0n) is 9.78. The summed E-state index contributed by atoms with van der Waals surface area (Å²) in [4.78, 5) is 12.0. The van der Waals surface area contributed by atoms with Crippen LogP contribution in [0.5, 0.6) is 0 Å². The summed E-state index contributed by atoms with van der Waals surface area (Å²) in [5.74, 6) is -0.144. The fraction of sp³-hybridized carbons (Fsp3) is 0.429. The van der Waals surface area contributed by atoms with Crippen LogP contribution in [0.2, 0.25) is 0 Å². The van der Waals surface area contributed by atoms with Crippen molar-refractivity contribution in [3.8, 4) is 6.07 Å². The van der Waals surface area contributed by atoms with Crippen molar-refractivity contribution in [1.29, 1.82) is 5.26 Å². The highest BCUT2D eigenvalue weighted by Gasteiger charge is 2.33. The van der Waals surface area contributed by atoms with E-state index in [4.69, 9.17) is 0 Å². The molecule has 2 rings (SSSR count). The Balaban J connectivity index is 2.10. The topological polar surface area (TPSA) is 52.9 Å². The molecule has 1 fully saturated rings. The van der Waals surface area contributed by atoms with E-state index in [0.717, 1.165) is 32.1 Å². The monoisotopic (exact) mass is 228 g/mol. The van der Waals surface area contributed by atoms with Crippen LogP contribution in [0.15, 0.2) is 30.3 Å². The number of rotatable bonds is 2. The second-order valence-corrected chi connectivity index (χ2v) is 4.57. The predicted octanol–water partition coefficient (Wildman–Crippen LogP) is 2.64. The minimum atomic E-state index is -0.648. The number of hydrogen-bond acceptors (Lipinski definition) is 2. The maximum Gasteiger partial charge on any atom is 0.252 e. The number of amides is 1. The molecule has 3 nitrogen and oxygen atoms in total. The Kier molecular flexibility index (Phi) is 3.43. The average Bonchev–Trinajstić information content (AvgIpc) is 2.41. The van der Waals surface area contributed by atoms with Crippen molar-refractivity contribution in [2.24, 2.45) is 0 Å². The standard InChI is InChI=1S/C14H16N2O/c15-11-14(9-5-2-6-10-14)16-13(17)12-7-3-1-4-8-12/h1,3-4,7-8H,2,5-6,9-10H2,(H,16,17). The van der Waals surface area contributed by atoms with Crippen LogP contribution in [-0.2, 0) is 0 Å². The van der Waals surface area contributed by atoms with Gasteiger partial charge in [-0.25, -0.2) is 0 Å². The minimum absolute atomic E-state index is 0.144. The molecule has 0 aliphatic heterocycles. The van der Waals surface area contributed by atoms with E-state index in [-0.39, 0.29) is 5.91 Å². The van der Waals surface area contributed by atoms with Gasteiger partial charge in [-0.2, -0.15) is 5.26 Å². The van der Waals surface area contributed by atoms with Crippen LogP contribution in [0.1, 0.15) is 42.5 Å². The molecule has 1 aliphatic rings. The van der Waals surface area contributed by atoms with Crippen molar-refractivity contribution >= 4 is 5.91 Å². The Labute approximate surface area is 101 Å². The minimum Gasteiger partial charge on any atom is -0.334 e. The highest BCUT2D eigenvalue weighted by Crippen LogP contribution is 2.27. The molecule has 17 heavy (non-hydrogen) atoms. The second-order valence-electron chi connectivity index (χ2n) is 4.57. The van der Waals surface area contributed by atoms with E-state index in [1.54, 1.807) is 12.1 Å². The molecule has 0 spiro atoms. The van der Waals surface area contributed by atoms with Gasteiger partial charge in [0.2, 0.25) is 0 Å². The van der Waals surface area contributed by atoms with E-state index >= 15 is 0 Å². The van der Waals surface area contributed by atoms with Gasteiger partial charge in [0.1, 0.15) is 5.54 Å². The van der Waals surface area contributed by atoms with E-state index in [9.17, 15) is 10.1 Å². The maximum atomic E-state index is 12.0. The van der Waals surface area contributed by atoms with Crippen LogP contribution in [0, 0.1) is 11.3 Å². The molecule has 88 valence electrons. The first-order valence-corrected chi connectivity index (χ1v) is 6.05. The summed E-state index contributed by atoms with van der Waals surface area (Å²) >= 11 is 0. The van der Waals surface area contributed by atoms with E-state index in [1.165, 1.54) is 0 Å². The summed E-state index contributed by atoms with van der Waals surface area (Å²) in [7, 11) is 0. The fourth-order valence-corrected chi connectivity index (χ4v) is 2.30. The highest BCUT2D eigenvalue weighted by molar-refractivity contribution is 5.94. The first-order chi connectivity index (χ1) is 8.26. The molecule has 0 unspecified atom stereocenters. The van der Waals surface area contributed by atoms with Gasteiger partial charge in [0.15, 0.2) is 0 Å². The van der Waals surface area contributed by atoms with Crippen LogP contribution in [0.4, 0.5) is 0 Å². The van der Waals surface area contributed by atoms with Gasteiger partial charge in [-0.3, -0.25) is 4.79 Å². The molecule has 1 aromatic rings. The zero-order valence-corrected chi connectivity index (χ0v) is 9.78. The average molecular weight is 228 g/mol. The summed E-state index contributed by atoms with van der Waals surface area (Å²) in [5.41, 5.74) is -0.0294. The van der Waals surface area contributed by atoms with E-state index in [1.807, 2.05) is 18.2 Å². The molecule has 0 radical (unpaired) electrons. The smallest absolute Gasteiger partial charge is 0.252 e. The van der Waals surface area contributed by atoms with Crippen LogP contribution in [-0.4, -0.2) is 11.4 Å². The van der Waals surface area contributed by atoms with E-state index in [0.29, 0.717) is 5.56 Å². The van der Waals surface area contributed by atoms with Gasteiger partial charge in [0, 0.05) is 5.56 Å². The normalized spacial score (nSPS) is 18.1. The first kappa shape index (κ1) is 11.7. The molecule has 0 aromatic heterocycles. The molecule has 1 amide bonds. The van der Waals surface area contributed by atoms with Gasteiger partial charge in [-0.05, 0) is 25.0 Å². The van der Waals surface area contributed by atoms with E-state index < -0.39 is 5.54 Å². The van der Waals surface area contributed by atoms with Crippen molar-refractivity contribution < 1.29 is 4.79 Å². The number of nitrogens with one attached hydrogen (secondary N) is 1. The van der Waals surface area contributed by atoms with Crippen LogP contribution in [0.25, 0.3) is 0 Å². The summed E-state index contributed by atoms with van der Waals surface area (Å²) in [6.07, 6.45) is 4.72. The first-order valence-electron chi connectivity index (χ1n) is 6.05. The third-order valence-electron chi connectivity index (χ3n) is 3.31. The van der Waals surface area contributed by atoms with Crippen LogP contribution in [0.3, 0.4) is 0 Å². The van der Waals surface area contributed by atoms with Gasteiger partial charge in [-0.1, -0.05) is 37.5 Å². The molecule has 1 saturated carbocycles. The zero-order chi connectivity index (χ0) is 12.1. The Bertz CT molecular complexity index is 427. The van der Waals surface area contributed by atoms with Crippen LogP contribution < -0.4 is 5.32 Å². The fourth-order valence-electron chi connectivity index (χ4n) is 2.30. The Morgan fingerprint density at radius 3 is 2.41 bits per heavy atom. The lowest BCUT2D eigenvalue weighted by atomic mass is 9.82. The Morgan fingerprint density at radius 2 is 1.82 bits per heavy atom. The SMILES string of the molecule is N#CC1(NC(=O)c2ccccc2)CCCCC1. The lowest BCUT2D eigenvalue weighted by Gasteiger charge is -2.31. The van der Waals surface area contributed by atoms with Crippen molar-refractivity contribution in [3.63, 3.8) is 0 Å². The van der Waals surface area contributed by atoms with Gasteiger partial charge in [0.25, 0.3) is 5.91 Å². The third-order valence-corrected chi connectivity index (χ3v) is 3.31. The Morgan fingerprint density at radius 1 is 1.18 bits per heavy atom. The van der Waals surface area contributed by atoms with Crippen molar-refractivity contribution in [2.45, 2.75) is 37.6 Å². The predicted molar refractivity (Wildman–Crippen MR) is 65.3 cm³/mol. The molecular formula is C14H16N2O. The van der Waals surface area contributed by atoms with Crippen molar-refractivity contribution in [3.05, 3.63) is 35.9 Å². The molecule has 0 heterocycles. The number of nitrogens with zero attached hydrogens (tertiary/aromatic N) is 1. The maximum absolute atomic E-state index is 12.0. The van der Waals surface area contributed by atoms with Crippen LogP contribution >= 0.6 is 0 Å². The lowest BCUT2D eigenvalue weighted by molar-refractivity contribution is 0.0902. The summed E-state index contributed by atoms with van der Waals surface area (Å²) in [5, 5.41) is 12.2. The third kappa shape index (κ3) is 2.65. The molecule has 0 atom stereocenters. The number of carbonyl (C=O) groups excluding carboxylic acids is 1. The van der Waals surface area contributed by atoms with E-state index in [2.05, 4.69) is 11.4 Å². The Hall–Kier alpha value is -1.82. The molecule has 1 aromatic carbocycles. The molecule has 3 heteroatoms. The van der Waals surface area contributed by atoms with Gasteiger partial charge in [-0.15, -0.1) is 0 Å². The molecule has 0 saturated heterocycles.